The van der Waals surface area contributed by atoms with Crippen LogP contribution in [0.1, 0.15) is 22.2 Å². The number of ether oxygens (including phenoxy) is 1. The Balaban J connectivity index is 1.64. The second kappa shape index (κ2) is 8.91. The van der Waals surface area contributed by atoms with Gasteiger partial charge in [0.2, 0.25) is 5.91 Å². The molecule has 0 radical (unpaired) electrons. The molecular weight excluding hydrogens is 446 g/mol. The number of benzene rings is 2. The summed E-state index contributed by atoms with van der Waals surface area (Å²) in [6.07, 6.45) is 0. The quantitative estimate of drug-likeness (QED) is 0.366. The third-order valence-corrected chi connectivity index (χ3v) is 7.13. The van der Waals surface area contributed by atoms with Gasteiger partial charge in [0.15, 0.2) is 0 Å². The molecular formula is C20H18BrNO3S2. The maximum atomic E-state index is 12.3. The number of carbonyl (C=O) groups excluding carboxylic acids is 2. The molecule has 1 heterocycles. The molecule has 0 atom stereocenters. The Labute approximate surface area is 174 Å². The van der Waals surface area contributed by atoms with Gasteiger partial charge in [-0.25, -0.2) is 4.79 Å². The van der Waals surface area contributed by atoms with Crippen molar-refractivity contribution in [1.29, 1.82) is 0 Å². The molecule has 0 aliphatic heterocycles. The molecule has 1 N–H and O–H groups in total. The monoisotopic (exact) mass is 463 g/mol. The lowest BCUT2D eigenvalue weighted by atomic mass is 10.1. The zero-order valence-electron chi connectivity index (χ0n) is 14.9. The van der Waals surface area contributed by atoms with Crippen molar-refractivity contribution in [2.24, 2.45) is 0 Å². The van der Waals surface area contributed by atoms with Crippen LogP contribution in [0.4, 0.5) is 5.00 Å². The number of nitrogens with one attached hydrogen (secondary N) is 1. The number of rotatable bonds is 6. The molecule has 0 unspecified atom stereocenters. The molecule has 0 spiro atoms. The normalized spacial score (nSPS) is 10.8. The average molecular weight is 464 g/mol. The second-order valence-corrected chi connectivity index (χ2v) is 8.64. The summed E-state index contributed by atoms with van der Waals surface area (Å²) in [5.74, 6) is -0.186. The number of aryl methyl sites for hydroxylation is 1. The summed E-state index contributed by atoms with van der Waals surface area (Å²) in [4.78, 5) is 25.7. The van der Waals surface area contributed by atoms with Gasteiger partial charge in [0.25, 0.3) is 0 Å². The van der Waals surface area contributed by atoms with E-state index in [9.17, 15) is 9.59 Å². The maximum Gasteiger partial charge on any atom is 0.348 e. The van der Waals surface area contributed by atoms with Crippen LogP contribution in [0.3, 0.4) is 0 Å². The predicted molar refractivity (Wildman–Crippen MR) is 116 cm³/mol. The molecule has 140 valence electrons. The van der Waals surface area contributed by atoms with Gasteiger partial charge in [-0.15, -0.1) is 23.1 Å². The fraction of sp³-hybridized carbons (Fsp3) is 0.200. The number of thiophene rings is 1. The second-order valence-electron chi connectivity index (χ2n) is 5.78. The highest BCUT2D eigenvalue weighted by Gasteiger charge is 2.16. The lowest BCUT2D eigenvalue weighted by molar-refractivity contribution is -0.113. The Bertz CT molecular complexity index is 1000. The Hall–Kier alpha value is -1.83. The summed E-state index contributed by atoms with van der Waals surface area (Å²) in [6.45, 7) is 3.93. The van der Waals surface area contributed by atoms with E-state index < -0.39 is 0 Å². The summed E-state index contributed by atoms with van der Waals surface area (Å²) in [5.41, 5.74) is 0.804. The molecule has 0 aliphatic carbocycles. The van der Waals surface area contributed by atoms with Crippen LogP contribution in [-0.2, 0) is 9.53 Å². The molecule has 0 bridgehead atoms. The van der Waals surface area contributed by atoms with Crippen LogP contribution in [0.5, 0.6) is 0 Å². The number of hydrogen-bond donors (Lipinski definition) is 1. The average Bonchev–Trinajstić information content (AvgIpc) is 3.02. The molecule has 1 amide bonds. The summed E-state index contributed by atoms with van der Waals surface area (Å²) in [7, 11) is 0. The van der Waals surface area contributed by atoms with Crippen LogP contribution >= 0.6 is 39.0 Å². The maximum absolute atomic E-state index is 12.3. The minimum atomic E-state index is -0.352. The van der Waals surface area contributed by atoms with E-state index in [0.29, 0.717) is 16.5 Å². The Kier molecular flexibility index (Phi) is 6.57. The molecule has 3 aromatic rings. The number of fused-ring (bicyclic) bond motifs is 1. The zero-order valence-corrected chi connectivity index (χ0v) is 18.1. The van der Waals surface area contributed by atoms with Crippen molar-refractivity contribution >= 4 is 66.7 Å². The van der Waals surface area contributed by atoms with Crippen LogP contribution in [0.2, 0.25) is 0 Å². The van der Waals surface area contributed by atoms with Crippen molar-refractivity contribution < 1.29 is 14.3 Å². The van der Waals surface area contributed by atoms with Crippen molar-refractivity contribution in [3.63, 3.8) is 0 Å². The van der Waals surface area contributed by atoms with Gasteiger partial charge in [-0.1, -0.05) is 30.3 Å². The van der Waals surface area contributed by atoms with Crippen molar-refractivity contribution in [2.75, 3.05) is 17.7 Å². The number of hydrogen-bond acceptors (Lipinski definition) is 5. The van der Waals surface area contributed by atoms with Gasteiger partial charge in [-0.3, -0.25) is 4.79 Å². The molecule has 0 saturated heterocycles. The van der Waals surface area contributed by atoms with E-state index in [1.54, 1.807) is 13.0 Å². The van der Waals surface area contributed by atoms with Crippen molar-refractivity contribution in [2.45, 2.75) is 18.7 Å². The van der Waals surface area contributed by atoms with Gasteiger partial charge in [-0.05, 0) is 58.2 Å². The van der Waals surface area contributed by atoms with Crippen molar-refractivity contribution in [3.8, 4) is 0 Å². The molecule has 4 nitrogen and oxygen atoms in total. The van der Waals surface area contributed by atoms with E-state index >= 15 is 0 Å². The molecule has 27 heavy (non-hydrogen) atoms. The highest BCUT2D eigenvalue weighted by molar-refractivity contribution is 9.10. The van der Waals surface area contributed by atoms with Crippen LogP contribution in [0.15, 0.2) is 51.8 Å². The van der Waals surface area contributed by atoms with Crippen LogP contribution in [-0.4, -0.2) is 24.2 Å². The molecule has 0 aliphatic rings. The highest BCUT2D eigenvalue weighted by Crippen LogP contribution is 2.34. The molecule has 7 heteroatoms. The highest BCUT2D eigenvalue weighted by atomic mass is 79.9. The number of carbonyl (C=O) groups is 2. The van der Waals surface area contributed by atoms with Crippen LogP contribution in [0, 0.1) is 6.92 Å². The summed E-state index contributed by atoms with van der Waals surface area (Å²) in [6, 6.07) is 14.0. The topological polar surface area (TPSA) is 55.4 Å². The fourth-order valence-corrected chi connectivity index (χ4v) is 5.16. The van der Waals surface area contributed by atoms with E-state index in [2.05, 4.69) is 39.4 Å². The Morgan fingerprint density at radius 3 is 2.78 bits per heavy atom. The standard InChI is InChI=1S/C20H18BrNO3S2/c1-3-25-20(24)19-12(2)10-17(27-19)22-16(23)11-26-15-9-8-13-6-4-5-7-14(13)18(15)21/h4-10H,3,11H2,1-2H3,(H,22,23). The van der Waals surface area contributed by atoms with Gasteiger partial charge in [-0.2, -0.15) is 0 Å². The Morgan fingerprint density at radius 2 is 2.00 bits per heavy atom. The van der Waals surface area contributed by atoms with Gasteiger partial charge < -0.3 is 10.1 Å². The van der Waals surface area contributed by atoms with E-state index in [1.807, 2.05) is 25.1 Å². The van der Waals surface area contributed by atoms with E-state index in [4.69, 9.17) is 4.74 Å². The summed E-state index contributed by atoms with van der Waals surface area (Å²) < 4.78 is 6.03. The van der Waals surface area contributed by atoms with Gasteiger partial charge in [0.1, 0.15) is 4.88 Å². The molecule has 2 aromatic carbocycles. The minimum absolute atomic E-state index is 0.114. The van der Waals surface area contributed by atoms with E-state index in [1.165, 1.54) is 23.1 Å². The van der Waals surface area contributed by atoms with Gasteiger partial charge in [0.05, 0.1) is 17.4 Å². The summed E-state index contributed by atoms with van der Waals surface area (Å²) >= 11 is 6.35. The SMILES string of the molecule is CCOC(=O)c1sc(NC(=O)CSc2ccc3ccccc3c2Br)cc1C. The number of esters is 1. The number of amides is 1. The molecule has 0 saturated carbocycles. The van der Waals surface area contributed by atoms with Gasteiger partial charge >= 0.3 is 5.97 Å². The molecule has 3 rings (SSSR count). The number of halogens is 1. The first kappa shape index (κ1) is 19.9. The largest absolute Gasteiger partial charge is 0.462 e. The molecule has 1 aromatic heterocycles. The smallest absolute Gasteiger partial charge is 0.348 e. The minimum Gasteiger partial charge on any atom is -0.462 e. The summed E-state index contributed by atoms with van der Waals surface area (Å²) in [5, 5.41) is 5.79. The zero-order chi connectivity index (χ0) is 19.4. The fourth-order valence-electron chi connectivity index (χ4n) is 2.58. The first-order valence-corrected chi connectivity index (χ1v) is 11.0. The number of anilines is 1. The first-order valence-electron chi connectivity index (χ1n) is 8.37. The third kappa shape index (κ3) is 4.72. The lowest BCUT2D eigenvalue weighted by Gasteiger charge is -2.08. The van der Waals surface area contributed by atoms with Gasteiger partial charge in [0, 0.05) is 9.37 Å². The van der Waals surface area contributed by atoms with E-state index in [-0.39, 0.29) is 17.6 Å². The predicted octanol–water partition coefficient (Wildman–Crippen LogP) is 5.88. The number of thioether (sulfide) groups is 1. The van der Waals surface area contributed by atoms with Crippen LogP contribution in [0.25, 0.3) is 10.8 Å². The van der Waals surface area contributed by atoms with E-state index in [0.717, 1.165) is 25.7 Å². The van der Waals surface area contributed by atoms with Crippen molar-refractivity contribution in [3.05, 3.63) is 57.4 Å². The lowest BCUT2D eigenvalue weighted by Crippen LogP contribution is -2.13. The van der Waals surface area contributed by atoms with Crippen molar-refractivity contribution in [1.82, 2.24) is 0 Å². The first-order chi connectivity index (χ1) is 13.0. The van der Waals surface area contributed by atoms with Crippen LogP contribution < -0.4 is 5.32 Å². The Morgan fingerprint density at radius 1 is 1.22 bits per heavy atom. The third-order valence-electron chi connectivity index (χ3n) is 3.83. The molecule has 0 fully saturated rings.